The van der Waals surface area contributed by atoms with E-state index in [9.17, 15) is 0 Å². The van der Waals surface area contributed by atoms with Crippen LogP contribution in [0.5, 0.6) is 0 Å². The van der Waals surface area contributed by atoms with E-state index in [1.54, 1.807) is 0 Å². The zero-order valence-corrected chi connectivity index (χ0v) is 13.5. The van der Waals surface area contributed by atoms with Gasteiger partial charge in [0.25, 0.3) is 0 Å². The van der Waals surface area contributed by atoms with Crippen LogP contribution in [0, 0.1) is 13.8 Å². The van der Waals surface area contributed by atoms with Gasteiger partial charge >= 0.3 is 0 Å². The van der Waals surface area contributed by atoms with E-state index < -0.39 is 0 Å². The number of aromatic nitrogens is 2. The molecule has 0 saturated carbocycles. The summed E-state index contributed by atoms with van der Waals surface area (Å²) < 4.78 is 1.96. The molecule has 0 saturated heterocycles. The molecular weight excluding hydrogens is 260 g/mol. The number of hydrogen-bond donors (Lipinski definition) is 2. The van der Waals surface area contributed by atoms with Crippen LogP contribution in [-0.4, -0.2) is 15.8 Å². The Kier molecular flexibility index (Phi) is 5.15. The molecule has 0 spiro atoms. The average Bonchev–Trinajstić information content (AvgIpc) is 2.82. The minimum atomic E-state index is 0.215. The summed E-state index contributed by atoms with van der Waals surface area (Å²) in [5.74, 6) is 5.75. The molecule has 21 heavy (non-hydrogen) atoms. The molecule has 0 aliphatic heterocycles. The lowest BCUT2D eigenvalue weighted by molar-refractivity contribution is 0.505. The van der Waals surface area contributed by atoms with Crippen molar-refractivity contribution in [3.63, 3.8) is 0 Å². The van der Waals surface area contributed by atoms with E-state index in [2.05, 4.69) is 55.6 Å². The van der Waals surface area contributed by atoms with Gasteiger partial charge in [0.15, 0.2) is 0 Å². The molecule has 2 aromatic rings. The number of benzene rings is 1. The summed E-state index contributed by atoms with van der Waals surface area (Å²) in [6.45, 7) is 6.41. The Morgan fingerprint density at radius 2 is 1.95 bits per heavy atom. The number of nitrogens with one attached hydrogen (secondary N) is 1. The molecule has 0 aliphatic carbocycles. The van der Waals surface area contributed by atoms with E-state index in [1.807, 2.05) is 11.7 Å². The Labute approximate surface area is 127 Å². The second kappa shape index (κ2) is 6.87. The second-order valence-electron chi connectivity index (χ2n) is 5.79. The molecule has 1 heterocycles. The molecule has 1 unspecified atom stereocenters. The monoisotopic (exact) mass is 286 g/mol. The van der Waals surface area contributed by atoms with Gasteiger partial charge in [-0.15, -0.1) is 0 Å². The molecule has 1 aromatic heterocycles. The fraction of sp³-hybridized carbons (Fsp3) is 0.471. The van der Waals surface area contributed by atoms with Crippen LogP contribution in [0.1, 0.15) is 35.0 Å². The molecular formula is C17H26N4. The van der Waals surface area contributed by atoms with Crippen molar-refractivity contribution in [2.45, 2.75) is 46.1 Å². The molecule has 2 rings (SSSR count). The minimum absolute atomic E-state index is 0.215. The molecule has 0 radical (unpaired) electrons. The van der Waals surface area contributed by atoms with Crippen molar-refractivity contribution in [2.75, 3.05) is 0 Å². The Morgan fingerprint density at radius 1 is 1.19 bits per heavy atom. The predicted octanol–water partition coefficient (Wildman–Crippen LogP) is 2.22. The van der Waals surface area contributed by atoms with Gasteiger partial charge in [-0.05, 0) is 49.4 Å². The Bertz CT molecular complexity index is 601. The summed E-state index contributed by atoms with van der Waals surface area (Å²) in [5, 5.41) is 4.50. The van der Waals surface area contributed by atoms with Gasteiger partial charge in [-0.3, -0.25) is 16.0 Å². The number of aryl methyl sites for hydroxylation is 4. The van der Waals surface area contributed by atoms with E-state index in [0.717, 1.165) is 25.0 Å². The normalized spacial score (nSPS) is 12.6. The van der Waals surface area contributed by atoms with Crippen molar-refractivity contribution >= 4 is 0 Å². The number of rotatable bonds is 6. The largest absolute Gasteiger partial charge is 0.272 e. The predicted molar refractivity (Wildman–Crippen MR) is 87.0 cm³/mol. The van der Waals surface area contributed by atoms with Gasteiger partial charge in [0.2, 0.25) is 0 Å². The van der Waals surface area contributed by atoms with Crippen molar-refractivity contribution in [3.05, 3.63) is 52.3 Å². The van der Waals surface area contributed by atoms with E-state index in [0.29, 0.717) is 0 Å². The highest BCUT2D eigenvalue weighted by molar-refractivity contribution is 5.30. The first-order valence-corrected chi connectivity index (χ1v) is 7.57. The van der Waals surface area contributed by atoms with Crippen LogP contribution in [-0.2, 0) is 26.3 Å². The maximum atomic E-state index is 5.75. The number of nitrogens with two attached hydrogens (primary N) is 1. The highest BCUT2D eigenvalue weighted by atomic mass is 15.3. The molecule has 0 aliphatic rings. The quantitative estimate of drug-likeness (QED) is 0.632. The van der Waals surface area contributed by atoms with Crippen LogP contribution in [0.2, 0.25) is 0 Å². The summed E-state index contributed by atoms with van der Waals surface area (Å²) in [4.78, 5) is 0. The van der Waals surface area contributed by atoms with E-state index >= 15 is 0 Å². The molecule has 4 nitrogen and oxygen atoms in total. The molecule has 0 fully saturated rings. The number of hydrogen-bond acceptors (Lipinski definition) is 3. The highest BCUT2D eigenvalue weighted by Gasteiger charge is 2.13. The van der Waals surface area contributed by atoms with Crippen molar-refractivity contribution in [1.29, 1.82) is 0 Å². The SMILES string of the molecule is CCc1cc(CC(Cc2ccc(C)c(C)c2)NN)n(C)n1. The Morgan fingerprint density at radius 3 is 2.52 bits per heavy atom. The third kappa shape index (κ3) is 3.93. The maximum Gasteiger partial charge on any atom is 0.0624 e. The fourth-order valence-electron chi connectivity index (χ4n) is 2.59. The van der Waals surface area contributed by atoms with Crippen molar-refractivity contribution in [2.24, 2.45) is 12.9 Å². The average molecular weight is 286 g/mol. The summed E-state index contributed by atoms with van der Waals surface area (Å²) in [6, 6.07) is 9.00. The molecule has 0 amide bonds. The van der Waals surface area contributed by atoms with Crippen molar-refractivity contribution in [3.8, 4) is 0 Å². The summed E-state index contributed by atoms with van der Waals surface area (Å²) >= 11 is 0. The molecule has 114 valence electrons. The fourth-order valence-corrected chi connectivity index (χ4v) is 2.59. The van der Waals surface area contributed by atoms with Crippen molar-refractivity contribution < 1.29 is 0 Å². The maximum absolute atomic E-state index is 5.75. The lowest BCUT2D eigenvalue weighted by atomic mass is 9.98. The Balaban J connectivity index is 2.08. The first-order valence-electron chi connectivity index (χ1n) is 7.57. The van der Waals surface area contributed by atoms with Crippen LogP contribution in [0.3, 0.4) is 0 Å². The van der Waals surface area contributed by atoms with E-state index in [1.165, 1.54) is 22.4 Å². The topological polar surface area (TPSA) is 55.9 Å². The third-order valence-corrected chi connectivity index (χ3v) is 4.13. The smallest absolute Gasteiger partial charge is 0.0624 e. The number of hydrazine groups is 1. The standard InChI is InChI=1S/C17H26N4/c1-5-15-10-17(21(4)20-15)11-16(19-18)9-14-7-6-12(2)13(3)8-14/h6-8,10,16,19H,5,9,11,18H2,1-4H3. The summed E-state index contributed by atoms with van der Waals surface area (Å²) in [6.07, 6.45) is 2.77. The lowest BCUT2D eigenvalue weighted by Crippen LogP contribution is -2.38. The van der Waals surface area contributed by atoms with E-state index in [-0.39, 0.29) is 6.04 Å². The zero-order valence-electron chi connectivity index (χ0n) is 13.5. The van der Waals surface area contributed by atoms with Crippen LogP contribution in [0.25, 0.3) is 0 Å². The van der Waals surface area contributed by atoms with Crippen LogP contribution in [0.15, 0.2) is 24.3 Å². The van der Waals surface area contributed by atoms with Crippen LogP contribution in [0.4, 0.5) is 0 Å². The van der Waals surface area contributed by atoms with Gasteiger partial charge < -0.3 is 0 Å². The minimum Gasteiger partial charge on any atom is -0.272 e. The lowest BCUT2D eigenvalue weighted by Gasteiger charge is -2.16. The third-order valence-electron chi connectivity index (χ3n) is 4.13. The zero-order chi connectivity index (χ0) is 15.4. The van der Waals surface area contributed by atoms with Gasteiger partial charge in [0, 0.05) is 25.2 Å². The van der Waals surface area contributed by atoms with Crippen LogP contribution >= 0.6 is 0 Å². The van der Waals surface area contributed by atoms with Crippen LogP contribution < -0.4 is 11.3 Å². The van der Waals surface area contributed by atoms with Gasteiger partial charge in [0.1, 0.15) is 0 Å². The molecule has 4 heteroatoms. The van der Waals surface area contributed by atoms with Gasteiger partial charge in [-0.1, -0.05) is 25.1 Å². The molecule has 3 N–H and O–H groups in total. The second-order valence-corrected chi connectivity index (χ2v) is 5.79. The molecule has 1 aromatic carbocycles. The van der Waals surface area contributed by atoms with Gasteiger partial charge in [0.05, 0.1) is 5.69 Å². The van der Waals surface area contributed by atoms with Crippen molar-refractivity contribution in [1.82, 2.24) is 15.2 Å². The molecule has 1 atom stereocenters. The summed E-state index contributed by atoms with van der Waals surface area (Å²) in [5.41, 5.74) is 9.28. The Hall–Kier alpha value is -1.65. The van der Waals surface area contributed by atoms with Gasteiger partial charge in [-0.25, -0.2) is 0 Å². The van der Waals surface area contributed by atoms with E-state index in [4.69, 9.17) is 5.84 Å². The highest BCUT2D eigenvalue weighted by Crippen LogP contribution is 2.14. The first kappa shape index (κ1) is 15.7. The summed E-state index contributed by atoms with van der Waals surface area (Å²) in [7, 11) is 2.00. The number of nitrogens with zero attached hydrogens (tertiary/aromatic N) is 2. The molecule has 0 bridgehead atoms. The first-order chi connectivity index (χ1) is 10.0. The van der Waals surface area contributed by atoms with Gasteiger partial charge in [-0.2, -0.15) is 5.10 Å².